The maximum absolute atomic E-state index is 13.1. The molecule has 0 saturated carbocycles. The minimum atomic E-state index is -1.65. The molecule has 2 aromatic carbocycles. The number of nitrogens with one attached hydrogen (secondary N) is 1. The maximum Gasteiger partial charge on any atom is 0.233 e. The van der Waals surface area contributed by atoms with E-state index in [1.165, 1.54) is 0 Å². The largest absolute Gasteiger partial charge is 0.549 e. The molecular weight excluding hydrogens is 362 g/mol. The minimum absolute atomic E-state index is 0.106. The molecule has 2 aromatic rings. The lowest BCUT2D eigenvalue weighted by Crippen LogP contribution is -2.56. The van der Waals surface area contributed by atoms with Gasteiger partial charge >= 0.3 is 0 Å². The Morgan fingerprint density at radius 1 is 1.15 bits per heavy atom. The van der Waals surface area contributed by atoms with Crippen LogP contribution >= 0.6 is 11.6 Å². The second kappa shape index (κ2) is 7.97. The van der Waals surface area contributed by atoms with E-state index in [9.17, 15) is 14.7 Å². The molecular formula is C22H21ClNO3-. The number of amides is 1. The van der Waals surface area contributed by atoms with E-state index in [1.807, 2.05) is 43.3 Å². The predicted octanol–water partition coefficient (Wildman–Crippen LogP) is 3.22. The van der Waals surface area contributed by atoms with Crippen molar-refractivity contribution in [2.24, 2.45) is 5.41 Å². The lowest BCUT2D eigenvalue weighted by atomic mass is 9.63. The molecule has 0 unspecified atom stereocenters. The van der Waals surface area contributed by atoms with Crippen molar-refractivity contribution in [1.82, 2.24) is 5.32 Å². The molecule has 3 rings (SSSR count). The average Bonchev–Trinajstić information content (AvgIpc) is 2.67. The van der Waals surface area contributed by atoms with E-state index >= 15 is 0 Å². The van der Waals surface area contributed by atoms with Crippen LogP contribution in [0.4, 0.5) is 0 Å². The highest BCUT2D eigenvalue weighted by molar-refractivity contribution is 6.30. The van der Waals surface area contributed by atoms with E-state index < -0.39 is 23.2 Å². The van der Waals surface area contributed by atoms with Crippen molar-refractivity contribution in [2.75, 3.05) is 0 Å². The number of carbonyl (C=O) groups is 2. The summed E-state index contributed by atoms with van der Waals surface area (Å²) in [5.41, 5.74) is 1.08. The summed E-state index contributed by atoms with van der Waals surface area (Å²) in [6.07, 6.45) is 2.41. The number of rotatable bonds is 5. The van der Waals surface area contributed by atoms with Gasteiger partial charge in [0.25, 0.3) is 0 Å². The van der Waals surface area contributed by atoms with E-state index in [2.05, 4.69) is 5.32 Å². The molecule has 1 aliphatic rings. The Labute approximate surface area is 163 Å². The Morgan fingerprint density at radius 2 is 1.81 bits per heavy atom. The summed E-state index contributed by atoms with van der Waals surface area (Å²) in [7, 11) is 0. The van der Waals surface area contributed by atoms with Crippen LogP contribution in [0.1, 0.15) is 36.8 Å². The standard InChI is InChI=1S/C22H22ClNO3/c1-15-11-12-22(21(26)27,19(13-15)17-7-9-18(23)10-8-17)20(25)24-14-16-5-3-2-4-6-16/h2-11,19H,12-14H2,1H3,(H,24,25)(H,26,27)/p-1/t19-,22-/m1/s1. The first-order valence-electron chi connectivity index (χ1n) is 8.88. The molecule has 27 heavy (non-hydrogen) atoms. The normalized spacial score (nSPS) is 22.0. The predicted molar refractivity (Wildman–Crippen MR) is 103 cm³/mol. The molecule has 0 aromatic heterocycles. The lowest BCUT2D eigenvalue weighted by molar-refractivity contribution is -0.318. The summed E-state index contributed by atoms with van der Waals surface area (Å²) in [4.78, 5) is 25.4. The van der Waals surface area contributed by atoms with E-state index in [4.69, 9.17) is 11.6 Å². The fourth-order valence-corrected chi connectivity index (χ4v) is 3.79. The van der Waals surface area contributed by atoms with Crippen LogP contribution in [0.5, 0.6) is 0 Å². The van der Waals surface area contributed by atoms with Crippen LogP contribution in [0.15, 0.2) is 66.2 Å². The minimum Gasteiger partial charge on any atom is -0.549 e. The van der Waals surface area contributed by atoms with Crippen LogP contribution in [-0.2, 0) is 16.1 Å². The topological polar surface area (TPSA) is 69.2 Å². The molecule has 0 bridgehead atoms. The van der Waals surface area contributed by atoms with Crippen LogP contribution in [0, 0.1) is 5.41 Å². The molecule has 0 heterocycles. The number of hydrogen-bond donors (Lipinski definition) is 1. The van der Waals surface area contributed by atoms with Crippen LogP contribution in [-0.4, -0.2) is 11.9 Å². The van der Waals surface area contributed by atoms with E-state index in [0.29, 0.717) is 11.4 Å². The highest BCUT2D eigenvalue weighted by atomic mass is 35.5. The van der Waals surface area contributed by atoms with Crippen LogP contribution in [0.2, 0.25) is 5.02 Å². The number of aliphatic carboxylic acids is 1. The zero-order chi connectivity index (χ0) is 19.4. The quantitative estimate of drug-likeness (QED) is 0.637. The Balaban J connectivity index is 1.94. The maximum atomic E-state index is 13.1. The number of halogens is 1. The first kappa shape index (κ1) is 19.2. The Bertz CT molecular complexity index is 861. The van der Waals surface area contributed by atoms with Crippen molar-refractivity contribution >= 4 is 23.5 Å². The van der Waals surface area contributed by atoms with Gasteiger partial charge in [-0.1, -0.05) is 65.7 Å². The van der Waals surface area contributed by atoms with Gasteiger partial charge < -0.3 is 15.2 Å². The van der Waals surface area contributed by atoms with Crippen LogP contribution in [0.3, 0.4) is 0 Å². The third-order valence-corrected chi connectivity index (χ3v) is 5.48. The molecule has 0 radical (unpaired) electrons. The van der Waals surface area contributed by atoms with Crippen molar-refractivity contribution in [3.63, 3.8) is 0 Å². The molecule has 4 nitrogen and oxygen atoms in total. The Morgan fingerprint density at radius 3 is 2.44 bits per heavy atom. The summed E-state index contributed by atoms with van der Waals surface area (Å²) in [5, 5.41) is 15.6. The first-order valence-corrected chi connectivity index (χ1v) is 9.26. The van der Waals surface area contributed by atoms with Gasteiger partial charge in [0.2, 0.25) is 5.91 Å². The van der Waals surface area contributed by atoms with Gasteiger partial charge in [-0.05, 0) is 43.0 Å². The number of carboxylic acid groups (broad SMARTS) is 1. The van der Waals surface area contributed by atoms with E-state index in [-0.39, 0.29) is 13.0 Å². The van der Waals surface area contributed by atoms with Gasteiger partial charge in [-0.2, -0.15) is 0 Å². The zero-order valence-electron chi connectivity index (χ0n) is 15.1. The van der Waals surface area contributed by atoms with Gasteiger partial charge in [0.1, 0.15) is 0 Å². The number of allylic oxidation sites excluding steroid dienone is 2. The van der Waals surface area contributed by atoms with Crippen LogP contribution in [0.25, 0.3) is 0 Å². The summed E-state index contributed by atoms with van der Waals surface area (Å²) in [6.45, 7) is 2.22. The number of benzene rings is 2. The van der Waals surface area contributed by atoms with Crippen molar-refractivity contribution in [1.29, 1.82) is 0 Å². The third-order valence-electron chi connectivity index (χ3n) is 5.23. The molecule has 0 spiro atoms. The van der Waals surface area contributed by atoms with Gasteiger partial charge in [0.05, 0.1) is 11.4 Å². The Kier molecular flexibility index (Phi) is 5.66. The molecule has 140 valence electrons. The fraction of sp³-hybridized carbons (Fsp3) is 0.273. The van der Waals surface area contributed by atoms with Gasteiger partial charge in [0.15, 0.2) is 0 Å². The molecule has 1 amide bonds. The van der Waals surface area contributed by atoms with Gasteiger partial charge in [0, 0.05) is 17.5 Å². The smallest absolute Gasteiger partial charge is 0.233 e. The molecule has 0 saturated heterocycles. The molecule has 1 N–H and O–H groups in total. The van der Waals surface area contributed by atoms with Gasteiger partial charge in [-0.15, -0.1) is 0 Å². The molecule has 0 aliphatic heterocycles. The summed E-state index contributed by atoms with van der Waals surface area (Å²) in [5.74, 6) is -2.38. The molecule has 1 aliphatic carbocycles. The highest BCUT2D eigenvalue weighted by Gasteiger charge is 2.48. The molecule has 2 atom stereocenters. The summed E-state index contributed by atoms with van der Waals surface area (Å²) < 4.78 is 0. The monoisotopic (exact) mass is 382 g/mol. The number of carboxylic acids is 1. The fourth-order valence-electron chi connectivity index (χ4n) is 3.66. The van der Waals surface area contributed by atoms with E-state index in [0.717, 1.165) is 16.7 Å². The second-order valence-electron chi connectivity index (χ2n) is 6.99. The lowest BCUT2D eigenvalue weighted by Gasteiger charge is -2.43. The van der Waals surface area contributed by atoms with Crippen molar-refractivity contribution in [2.45, 2.75) is 32.2 Å². The Hall–Kier alpha value is -2.59. The number of hydrogen-bond acceptors (Lipinski definition) is 3. The van der Waals surface area contributed by atoms with Crippen molar-refractivity contribution < 1.29 is 14.7 Å². The first-order chi connectivity index (χ1) is 12.9. The molecule has 0 fully saturated rings. The molecule has 5 heteroatoms. The third kappa shape index (κ3) is 3.91. The van der Waals surface area contributed by atoms with Crippen molar-refractivity contribution in [3.8, 4) is 0 Å². The zero-order valence-corrected chi connectivity index (χ0v) is 15.8. The second-order valence-corrected chi connectivity index (χ2v) is 7.43. The van der Waals surface area contributed by atoms with Crippen molar-refractivity contribution in [3.05, 3.63) is 82.4 Å². The van der Waals surface area contributed by atoms with E-state index in [1.54, 1.807) is 24.3 Å². The summed E-state index contributed by atoms with van der Waals surface area (Å²) >= 11 is 5.97. The number of carbonyl (C=O) groups excluding carboxylic acids is 2. The van der Waals surface area contributed by atoms with Gasteiger partial charge in [-0.3, -0.25) is 4.79 Å². The average molecular weight is 383 g/mol. The summed E-state index contributed by atoms with van der Waals surface area (Å²) in [6, 6.07) is 16.4. The SMILES string of the molecule is CC1=CC[C@](C(=O)[O-])(C(=O)NCc2ccccc2)[C@@H](c2ccc(Cl)cc2)C1. The van der Waals surface area contributed by atoms with Gasteiger partial charge in [-0.25, -0.2) is 0 Å². The van der Waals surface area contributed by atoms with Crippen LogP contribution < -0.4 is 10.4 Å². The highest BCUT2D eigenvalue weighted by Crippen LogP contribution is 2.47.